The van der Waals surface area contributed by atoms with E-state index < -0.39 is 27.6 Å². The quantitative estimate of drug-likeness (QED) is 0.706. The third kappa shape index (κ3) is 8.18. The van der Waals surface area contributed by atoms with E-state index in [-0.39, 0.29) is 18.3 Å². The number of nitrogens with one attached hydrogen (secondary N) is 1. The molecule has 7 heteroatoms. The molecule has 0 aromatic carbocycles. The zero-order chi connectivity index (χ0) is 15.3. The van der Waals surface area contributed by atoms with Gasteiger partial charge in [-0.25, -0.2) is 13.1 Å². The minimum Gasteiger partial charge on any atom is -0.459 e. The van der Waals surface area contributed by atoms with Gasteiger partial charge >= 0.3 is 5.97 Å². The van der Waals surface area contributed by atoms with Gasteiger partial charge in [0, 0.05) is 7.11 Å². The molecule has 0 bridgehead atoms. The first-order valence-corrected chi connectivity index (χ1v) is 7.85. The second-order valence-electron chi connectivity index (χ2n) is 5.68. The maximum absolute atomic E-state index is 12.0. The Hall–Kier alpha value is -0.660. The van der Waals surface area contributed by atoms with Crippen molar-refractivity contribution in [3.8, 4) is 0 Å². The van der Waals surface area contributed by atoms with Crippen LogP contribution in [-0.2, 0) is 24.3 Å². The molecule has 114 valence electrons. The van der Waals surface area contributed by atoms with E-state index in [2.05, 4.69) is 4.72 Å². The van der Waals surface area contributed by atoms with Crippen LogP contribution in [0.1, 0.15) is 34.6 Å². The minimum absolute atomic E-state index is 0.0778. The van der Waals surface area contributed by atoms with Gasteiger partial charge in [0.15, 0.2) is 0 Å². The SMILES string of the molecule is COCCS(=O)(=O)N[C@@H](C(=O)OC(C)(C)C)C(C)C. The Morgan fingerprint density at radius 3 is 2.16 bits per heavy atom. The van der Waals surface area contributed by atoms with Crippen LogP contribution in [0, 0.1) is 5.92 Å². The molecular formula is C12H25NO5S. The highest BCUT2D eigenvalue weighted by Gasteiger charge is 2.31. The molecular weight excluding hydrogens is 270 g/mol. The number of carbonyl (C=O) groups is 1. The van der Waals surface area contributed by atoms with Crippen molar-refractivity contribution in [1.29, 1.82) is 0 Å². The van der Waals surface area contributed by atoms with Crippen LogP contribution in [0.3, 0.4) is 0 Å². The highest BCUT2D eigenvalue weighted by Crippen LogP contribution is 2.13. The van der Waals surface area contributed by atoms with Crippen molar-refractivity contribution in [2.45, 2.75) is 46.3 Å². The van der Waals surface area contributed by atoms with Gasteiger partial charge in [0.1, 0.15) is 11.6 Å². The molecule has 0 saturated heterocycles. The predicted molar refractivity (Wildman–Crippen MR) is 73.3 cm³/mol. The van der Waals surface area contributed by atoms with Crippen molar-refractivity contribution in [1.82, 2.24) is 4.72 Å². The third-order valence-corrected chi connectivity index (χ3v) is 3.51. The smallest absolute Gasteiger partial charge is 0.324 e. The van der Waals surface area contributed by atoms with Crippen molar-refractivity contribution < 1.29 is 22.7 Å². The van der Waals surface area contributed by atoms with Crippen molar-refractivity contribution in [2.75, 3.05) is 19.5 Å². The van der Waals surface area contributed by atoms with E-state index in [1.165, 1.54) is 7.11 Å². The van der Waals surface area contributed by atoms with Gasteiger partial charge in [-0.1, -0.05) is 13.8 Å². The summed E-state index contributed by atoms with van der Waals surface area (Å²) in [6, 6.07) is -0.888. The number of hydrogen-bond acceptors (Lipinski definition) is 5. The van der Waals surface area contributed by atoms with Crippen molar-refractivity contribution in [3.63, 3.8) is 0 Å². The van der Waals surface area contributed by atoms with Gasteiger partial charge in [-0.3, -0.25) is 4.79 Å². The van der Waals surface area contributed by atoms with Gasteiger partial charge in [-0.15, -0.1) is 0 Å². The fourth-order valence-electron chi connectivity index (χ4n) is 1.27. The minimum atomic E-state index is -3.56. The first-order chi connectivity index (χ1) is 8.48. The summed E-state index contributed by atoms with van der Waals surface area (Å²) >= 11 is 0. The molecule has 0 heterocycles. The average molecular weight is 295 g/mol. The van der Waals surface area contributed by atoms with E-state index in [0.717, 1.165) is 0 Å². The van der Waals surface area contributed by atoms with Crippen molar-refractivity contribution in [2.24, 2.45) is 5.92 Å². The molecule has 0 spiro atoms. The first kappa shape index (κ1) is 18.3. The Balaban J connectivity index is 4.80. The second kappa shape index (κ2) is 7.21. The standard InChI is InChI=1S/C12H25NO5S/c1-9(2)10(11(14)18-12(3,4)5)13-19(15,16)8-7-17-6/h9-10,13H,7-8H2,1-6H3/t10-/m1/s1. The Morgan fingerprint density at radius 1 is 1.26 bits per heavy atom. The molecule has 1 atom stereocenters. The highest BCUT2D eigenvalue weighted by molar-refractivity contribution is 7.89. The van der Waals surface area contributed by atoms with Gasteiger partial charge in [0.05, 0.1) is 12.4 Å². The molecule has 0 radical (unpaired) electrons. The number of esters is 1. The molecule has 1 N–H and O–H groups in total. The molecule has 6 nitrogen and oxygen atoms in total. The molecule has 0 aliphatic carbocycles. The molecule has 0 aliphatic heterocycles. The van der Waals surface area contributed by atoms with Crippen LogP contribution in [0.25, 0.3) is 0 Å². The Bertz CT molecular complexity index is 383. The van der Waals surface area contributed by atoms with E-state index in [4.69, 9.17) is 9.47 Å². The first-order valence-electron chi connectivity index (χ1n) is 6.20. The Kier molecular flexibility index (Phi) is 6.96. The van der Waals surface area contributed by atoms with Crippen LogP contribution >= 0.6 is 0 Å². The average Bonchev–Trinajstić information content (AvgIpc) is 2.20. The largest absolute Gasteiger partial charge is 0.459 e. The number of hydrogen-bond donors (Lipinski definition) is 1. The van der Waals surface area contributed by atoms with E-state index in [0.29, 0.717) is 0 Å². The molecule has 19 heavy (non-hydrogen) atoms. The summed E-state index contributed by atoms with van der Waals surface area (Å²) in [6.45, 7) is 8.81. The molecule has 0 aromatic heterocycles. The van der Waals surface area contributed by atoms with Crippen molar-refractivity contribution in [3.05, 3.63) is 0 Å². The van der Waals surface area contributed by atoms with Gasteiger partial charge in [0.25, 0.3) is 0 Å². The van der Waals surface area contributed by atoms with Crippen LogP contribution in [0.4, 0.5) is 0 Å². The summed E-state index contributed by atoms with van der Waals surface area (Å²) in [6.07, 6.45) is 0. The summed E-state index contributed by atoms with van der Waals surface area (Å²) in [7, 11) is -2.14. The lowest BCUT2D eigenvalue weighted by Gasteiger charge is -2.26. The van der Waals surface area contributed by atoms with E-state index in [1.54, 1.807) is 34.6 Å². The van der Waals surface area contributed by atoms with E-state index in [1.807, 2.05) is 0 Å². The van der Waals surface area contributed by atoms with E-state index in [9.17, 15) is 13.2 Å². The molecule has 0 amide bonds. The van der Waals surface area contributed by atoms with Crippen LogP contribution in [-0.4, -0.2) is 45.5 Å². The number of ether oxygens (including phenoxy) is 2. The van der Waals surface area contributed by atoms with Crippen LogP contribution in [0.15, 0.2) is 0 Å². The summed E-state index contributed by atoms with van der Waals surface area (Å²) in [5, 5.41) is 0. The van der Waals surface area contributed by atoms with Crippen molar-refractivity contribution >= 4 is 16.0 Å². The van der Waals surface area contributed by atoms with Gasteiger partial charge in [0.2, 0.25) is 10.0 Å². The lowest BCUT2D eigenvalue weighted by molar-refractivity contribution is -0.158. The maximum atomic E-state index is 12.0. The predicted octanol–water partition coefficient (Wildman–Crippen LogP) is 0.919. The summed E-state index contributed by atoms with van der Waals surface area (Å²) in [5.74, 6) is -0.953. The highest BCUT2D eigenvalue weighted by atomic mass is 32.2. The van der Waals surface area contributed by atoms with Gasteiger partial charge in [-0.2, -0.15) is 0 Å². The Morgan fingerprint density at radius 2 is 1.79 bits per heavy atom. The molecule has 0 aliphatic rings. The summed E-state index contributed by atoms with van der Waals surface area (Å²) in [4.78, 5) is 12.0. The fourth-order valence-corrected chi connectivity index (χ4v) is 2.53. The second-order valence-corrected chi connectivity index (χ2v) is 7.56. The molecule has 0 fully saturated rings. The number of methoxy groups -OCH3 is 1. The fraction of sp³-hybridized carbons (Fsp3) is 0.917. The lowest BCUT2D eigenvalue weighted by Crippen LogP contribution is -2.48. The third-order valence-electron chi connectivity index (χ3n) is 2.19. The number of rotatable bonds is 7. The maximum Gasteiger partial charge on any atom is 0.324 e. The normalized spacial score (nSPS) is 14.5. The number of sulfonamides is 1. The van der Waals surface area contributed by atoms with Gasteiger partial charge in [-0.05, 0) is 26.7 Å². The molecule has 0 rings (SSSR count). The zero-order valence-electron chi connectivity index (χ0n) is 12.5. The summed E-state index contributed by atoms with van der Waals surface area (Å²) in [5.41, 5.74) is -0.651. The molecule has 0 unspecified atom stereocenters. The van der Waals surface area contributed by atoms with Crippen LogP contribution in [0.5, 0.6) is 0 Å². The lowest BCUT2D eigenvalue weighted by atomic mass is 10.1. The zero-order valence-corrected chi connectivity index (χ0v) is 13.3. The van der Waals surface area contributed by atoms with Gasteiger partial charge < -0.3 is 9.47 Å². The summed E-state index contributed by atoms with van der Waals surface area (Å²) < 4.78 is 35.9. The number of carbonyl (C=O) groups excluding carboxylic acids is 1. The molecule has 0 aromatic rings. The van der Waals surface area contributed by atoms with E-state index >= 15 is 0 Å². The van der Waals surface area contributed by atoms with Crippen LogP contribution in [0.2, 0.25) is 0 Å². The monoisotopic (exact) mass is 295 g/mol. The molecule has 0 saturated carbocycles. The Labute approximate surface area is 115 Å². The van der Waals surface area contributed by atoms with Crippen LogP contribution < -0.4 is 4.72 Å². The topological polar surface area (TPSA) is 81.7 Å².